The van der Waals surface area contributed by atoms with Gasteiger partial charge in [-0.05, 0) is 49.6 Å². The average Bonchev–Trinajstić information content (AvgIpc) is 3.23. The SMILES string of the molecule is CCCc1cc(=O)oc2c(C)c(O[C@@H](C)C(=O)N[C@@H](Cc3c[nH]c4ccccc34)C(=O)[O-])ccc12. The summed E-state index contributed by atoms with van der Waals surface area (Å²) >= 11 is 0. The van der Waals surface area contributed by atoms with E-state index < -0.39 is 29.6 Å². The van der Waals surface area contributed by atoms with E-state index in [0.29, 0.717) is 16.9 Å². The lowest BCUT2D eigenvalue weighted by Gasteiger charge is -2.23. The number of rotatable bonds is 9. The van der Waals surface area contributed by atoms with Crippen LogP contribution in [0.15, 0.2) is 57.9 Å². The van der Waals surface area contributed by atoms with Crippen LogP contribution >= 0.6 is 0 Å². The minimum absolute atomic E-state index is 0.0607. The molecule has 0 aliphatic carbocycles. The van der Waals surface area contributed by atoms with Crippen LogP contribution in [-0.2, 0) is 22.4 Å². The number of carbonyl (C=O) groups is 2. The third kappa shape index (κ3) is 5.06. The predicted molar refractivity (Wildman–Crippen MR) is 130 cm³/mol. The molecule has 182 valence electrons. The van der Waals surface area contributed by atoms with Gasteiger partial charge in [0.2, 0.25) is 0 Å². The van der Waals surface area contributed by atoms with E-state index in [1.165, 1.54) is 13.0 Å². The fraction of sp³-hybridized carbons (Fsp3) is 0.296. The van der Waals surface area contributed by atoms with Gasteiger partial charge in [0.25, 0.3) is 5.91 Å². The van der Waals surface area contributed by atoms with Crippen LogP contribution in [0.3, 0.4) is 0 Å². The van der Waals surface area contributed by atoms with Crippen LogP contribution in [0.25, 0.3) is 21.9 Å². The topological polar surface area (TPSA) is 124 Å². The number of aromatic amines is 1. The smallest absolute Gasteiger partial charge is 0.336 e. The number of nitrogens with one attached hydrogen (secondary N) is 2. The zero-order chi connectivity index (χ0) is 25.1. The van der Waals surface area contributed by atoms with Gasteiger partial charge in [-0.1, -0.05) is 31.5 Å². The van der Waals surface area contributed by atoms with Crippen LogP contribution < -0.4 is 20.8 Å². The predicted octanol–water partition coefficient (Wildman–Crippen LogP) is 2.78. The van der Waals surface area contributed by atoms with Gasteiger partial charge in [0.05, 0.1) is 12.0 Å². The highest BCUT2D eigenvalue weighted by Crippen LogP contribution is 2.29. The van der Waals surface area contributed by atoms with Gasteiger partial charge in [-0.25, -0.2) is 4.79 Å². The number of H-pyrrole nitrogens is 1. The lowest BCUT2D eigenvalue weighted by atomic mass is 10.0. The first-order chi connectivity index (χ1) is 16.8. The van der Waals surface area contributed by atoms with Crippen molar-refractivity contribution in [2.45, 2.75) is 52.2 Å². The largest absolute Gasteiger partial charge is 0.548 e. The van der Waals surface area contributed by atoms with Crippen molar-refractivity contribution >= 4 is 33.7 Å². The van der Waals surface area contributed by atoms with Crippen molar-refractivity contribution in [3.8, 4) is 5.75 Å². The van der Waals surface area contributed by atoms with Crippen LogP contribution in [0.5, 0.6) is 5.75 Å². The van der Waals surface area contributed by atoms with E-state index in [1.54, 1.807) is 25.3 Å². The van der Waals surface area contributed by atoms with Gasteiger partial charge in [0.1, 0.15) is 11.3 Å². The highest BCUT2D eigenvalue weighted by molar-refractivity contribution is 5.88. The summed E-state index contributed by atoms with van der Waals surface area (Å²) in [5, 5.41) is 16.0. The standard InChI is InChI=1S/C27H28N2O6/c1-4-7-17-13-24(30)35-25-15(2)23(11-10-20(17)25)34-16(3)26(31)29-22(27(32)33)12-18-14-28-21-9-6-5-8-19(18)21/h5-6,8-11,13-14,16,22,28H,4,7,12H2,1-3H3,(H,29,31)(H,32,33)/p-1/t16-,22-/m0/s1. The Morgan fingerprint density at radius 3 is 2.66 bits per heavy atom. The van der Waals surface area contributed by atoms with Crippen molar-refractivity contribution in [2.24, 2.45) is 0 Å². The van der Waals surface area contributed by atoms with E-state index in [0.717, 1.165) is 40.3 Å². The summed E-state index contributed by atoms with van der Waals surface area (Å²) in [6.07, 6.45) is 2.41. The number of benzene rings is 2. The van der Waals surface area contributed by atoms with Gasteiger partial charge in [-0.3, -0.25) is 4.79 Å². The number of aryl methyl sites for hydroxylation is 2. The summed E-state index contributed by atoms with van der Waals surface area (Å²) in [7, 11) is 0. The van der Waals surface area contributed by atoms with Crippen molar-refractivity contribution in [1.29, 1.82) is 0 Å². The molecule has 2 heterocycles. The Hall–Kier alpha value is -4.07. The molecule has 2 aromatic carbocycles. The minimum Gasteiger partial charge on any atom is -0.548 e. The molecule has 0 radical (unpaired) electrons. The molecular formula is C27H27N2O6-. The number of hydrogen-bond acceptors (Lipinski definition) is 6. The molecule has 2 N–H and O–H groups in total. The Labute approximate surface area is 201 Å². The molecule has 8 nitrogen and oxygen atoms in total. The van der Waals surface area contributed by atoms with Crippen LogP contribution in [0.2, 0.25) is 0 Å². The van der Waals surface area contributed by atoms with E-state index in [-0.39, 0.29) is 6.42 Å². The zero-order valence-electron chi connectivity index (χ0n) is 19.8. The van der Waals surface area contributed by atoms with E-state index >= 15 is 0 Å². The highest BCUT2D eigenvalue weighted by Gasteiger charge is 2.22. The molecule has 0 aliphatic rings. The van der Waals surface area contributed by atoms with Crippen molar-refractivity contribution < 1.29 is 23.8 Å². The summed E-state index contributed by atoms with van der Waals surface area (Å²) < 4.78 is 11.3. The van der Waals surface area contributed by atoms with E-state index in [9.17, 15) is 19.5 Å². The van der Waals surface area contributed by atoms with E-state index in [4.69, 9.17) is 9.15 Å². The third-order valence-electron chi connectivity index (χ3n) is 6.09. The highest BCUT2D eigenvalue weighted by atomic mass is 16.5. The van der Waals surface area contributed by atoms with E-state index in [1.807, 2.05) is 31.2 Å². The molecule has 0 fully saturated rings. The summed E-state index contributed by atoms with van der Waals surface area (Å²) in [6.45, 7) is 5.31. The molecule has 4 rings (SSSR count). The second-order valence-electron chi connectivity index (χ2n) is 8.61. The molecule has 0 spiro atoms. The number of aliphatic carboxylic acids is 1. The molecule has 2 aromatic heterocycles. The number of para-hydroxylation sites is 1. The number of fused-ring (bicyclic) bond motifs is 2. The first-order valence-electron chi connectivity index (χ1n) is 11.6. The molecule has 0 saturated carbocycles. The summed E-state index contributed by atoms with van der Waals surface area (Å²) in [4.78, 5) is 39.7. The van der Waals surface area contributed by atoms with Gasteiger partial charge in [0, 0.05) is 40.5 Å². The first-order valence-corrected chi connectivity index (χ1v) is 11.6. The molecule has 0 aliphatic heterocycles. The van der Waals surface area contributed by atoms with Crippen LogP contribution in [0, 0.1) is 6.92 Å². The molecule has 0 unspecified atom stereocenters. The minimum atomic E-state index is -1.39. The fourth-order valence-corrected chi connectivity index (χ4v) is 4.26. The quantitative estimate of drug-likeness (QED) is 0.359. The Balaban J connectivity index is 1.51. The third-order valence-corrected chi connectivity index (χ3v) is 6.09. The van der Waals surface area contributed by atoms with Crippen molar-refractivity contribution in [3.63, 3.8) is 0 Å². The number of carboxylic acids is 1. The Morgan fingerprint density at radius 1 is 1.14 bits per heavy atom. The maximum Gasteiger partial charge on any atom is 0.336 e. The Bertz CT molecular complexity index is 1450. The van der Waals surface area contributed by atoms with Crippen LogP contribution in [0.1, 0.15) is 37.0 Å². The summed E-state index contributed by atoms with van der Waals surface area (Å²) in [6, 6.07) is 11.3. The average molecular weight is 476 g/mol. The molecule has 4 aromatic rings. The van der Waals surface area contributed by atoms with Gasteiger partial charge >= 0.3 is 5.63 Å². The molecule has 1 amide bonds. The van der Waals surface area contributed by atoms with Crippen molar-refractivity contribution in [3.05, 3.63) is 75.8 Å². The van der Waals surface area contributed by atoms with Crippen molar-refractivity contribution in [2.75, 3.05) is 0 Å². The van der Waals surface area contributed by atoms with Gasteiger partial charge in [-0.15, -0.1) is 0 Å². The number of amides is 1. The number of carbonyl (C=O) groups excluding carboxylic acids is 2. The molecule has 0 bridgehead atoms. The fourth-order valence-electron chi connectivity index (χ4n) is 4.26. The maximum absolute atomic E-state index is 12.8. The zero-order valence-corrected chi connectivity index (χ0v) is 19.8. The lowest BCUT2D eigenvalue weighted by molar-refractivity contribution is -0.308. The second kappa shape index (κ2) is 10.0. The second-order valence-corrected chi connectivity index (χ2v) is 8.61. The monoisotopic (exact) mass is 475 g/mol. The van der Waals surface area contributed by atoms with Crippen LogP contribution in [-0.4, -0.2) is 29.0 Å². The lowest BCUT2D eigenvalue weighted by Crippen LogP contribution is -2.52. The van der Waals surface area contributed by atoms with Crippen molar-refractivity contribution in [1.82, 2.24) is 10.3 Å². The summed E-state index contributed by atoms with van der Waals surface area (Å²) in [5.74, 6) is -1.61. The normalized spacial score (nSPS) is 13.0. The molecule has 0 saturated heterocycles. The molecule has 35 heavy (non-hydrogen) atoms. The Morgan fingerprint density at radius 2 is 1.91 bits per heavy atom. The number of ether oxygens (including phenoxy) is 1. The molecule has 8 heteroatoms. The number of carboxylic acid groups (broad SMARTS) is 1. The summed E-state index contributed by atoms with van der Waals surface area (Å²) in [5.41, 5.74) is 3.09. The van der Waals surface area contributed by atoms with Gasteiger partial charge < -0.3 is 29.4 Å². The number of aromatic nitrogens is 1. The van der Waals surface area contributed by atoms with E-state index in [2.05, 4.69) is 10.3 Å². The maximum atomic E-state index is 12.8. The molecule has 2 atom stereocenters. The number of hydrogen-bond donors (Lipinski definition) is 2. The molecular weight excluding hydrogens is 448 g/mol. The van der Waals surface area contributed by atoms with Gasteiger partial charge in [-0.2, -0.15) is 0 Å². The van der Waals surface area contributed by atoms with Gasteiger partial charge in [0.15, 0.2) is 6.10 Å². The first kappa shape index (κ1) is 24.1. The van der Waals surface area contributed by atoms with Crippen LogP contribution in [0.4, 0.5) is 0 Å². The Kier molecular flexibility index (Phi) is 6.91.